The first-order valence-corrected chi connectivity index (χ1v) is 6.01. The highest BCUT2D eigenvalue weighted by Gasteiger charge is 2.10. The molecule has 1 aromatic rings. The normalized spacial score (nSPS) is 13.5. The molecule has 6 heteroatoms. The molecule has 0 aliphatic carbocycles. The van der Waals surface area contributed by atoms with Gasteiger partial charge in [-0.3, -0.25) is 0 Å². The number of hydrogen-bond acceptors (Lipinski definition) is 2. The van der Waals surface area contributed by atoms with E-state index in [1.165, 1.54) is 16.2 Å². The van der Waals surface area contributed by atoms with Gasteiger partial charge in [-0.15, -0.1) is 11.8 Å². The maximum absolute atomic E-state index is 8.88. The van der Waals surface area contributed by atoms with E-state index >= 15 is 0 Å². The van der Waals surface area contributed by atoms with Crippen LogP contribution >= 0.6 is 19.6 Å². The molecule has 1 heterocycles. The fourth-order valence-corrected chi connectivity index (χ4v) is 1.66. The molecule has 0 fully saturated rings. The lowest BCUT2D eigenvalue weighted by atomic mass is 10.2. The Morgan fingerprint density at radius 2 is 1.77 bits per heavy atom. The lowest BCUT2D eigenvalue weighted by molar-refractivity contribution is 0.275. The molecule has 4 nitrogen and oxygen atoms in total. The molecule has 13 heavy (non-hydrogen) atoms. The average molecular weight is 220 g/mol. The van der Waals surface area contributed by atoms with E-state index in [4.69, 9.17) is 19.2 Å². The number of rotatable bonds is 0. The highest BCUT2D eigenvalue weighted by molar-refractivity contribution is 7.99. The van der Waals surface area contributed by atoms with Gasteiger partial charge in [0.25, 0.3) is 0 Å². The van der Waals surface area contributed by atoms with Crippen LogP contribution in [0.1, 0.15) is 5.56 Å². The third kappa shape index (κ3) is 4.45. The summed E-state index contributed by atoms with van der Waals surface area (Å²) in [5, 5.41) is 0. The number of phosphoric acid groups is 1. The van der Waals surface area contributed by atoms with Crippen molar-refractivity contribution in [2.75, 3.05) is 0 Å². The first-order chi connectivity index (χ1) is 5.97. The summed E-state index contributed by atoms with van der Waals surface area (Å²) in [5.41, 5.74) is 1.51. The van der Waals surface area contributed by atoms with Crippen LogP contribution in [0, 0.1) is 0 Å². The molecule has 72 valence electrons. The van der Waals surface area contributed by atoms with Crippen molar-refractivity contribution in [2.24, 2.45) is 0 Å². The summed E-state index contributed by atoms with van der Waals surface area (Å²) in [6, 6.07) is 8.54. The molecule has 0 saturated carbocycles. The Hall–Kier alpha value is -0.320. The van der Waals surface area contributed by atoms with Gasteiger partial charge in [0.1, 0.15) is 0 Å². The quantitative estimate of drug-likeness (QED) is 0.575. The van der Waals surface area contributed by atoms with Crippen LogP contribution in [0.3, 0.4) is 0 Å². The molecule has 0 atom stereocenters. The second-order valence-electron chi connectivity index (χ2n) is 2.41. The van der Waals surface area contributed by atoms with Gasteiger partial charge in [0.05, 0.1) is 0 Å². The Morgan fingerprint density at radius 3 is 2.00 bits per heavy atom. The molecule has 0 spiro atoms. The van der Waals surface area contributed by atoms with Gasteiger partial charge in [-0.05, 0) is 11.6 Å². The predicted molar refractivity (Wildman–Crippen MR) is 50.3 cm³/mol. The molecule has 3 N–H and O–H groups in total. The molecular weight excluding hydrogens is 211 g/mol. The second kappa shape index (κ2) is 4.26. The monoisotopic (exact) mass is 220 g/mol. The molecule has 0 saturated heterocycles. The summed E-state index contributed by atoms with van der Waals surface area (Å²) >= 11 is 1.93. The smallest absolute Gasteiger partial charge is 0.303 e. The third-order valence-electron chi connectivity index (χ3n) is 1.36. The van der Waals surface area contributed by atoms with Gasteiger partial charge < -0.3 is 14.7 Å². The molecule has 1 aliphatic heterocycles. The Labute approximate surface area is 79.9 Å². The van der Waals surface area contributed by atoms with Crippen molar-refractivity contribution in [3.8, 4) is 0 Å². The van der Waals surface area contributed by atoms with Crippen LogP contribution in [0.4, 0.5) is 0 Å². The van der Waals surface area contributed by atoms with Gasteiger partial charge in [-0.2, -0.15) is 0 Å². The second-order valence-corrected chi connectivity index (χ2v) is 4.45. The Kier molecular flexibility index (Phi) is 3.53. The summed E-state index contributed by atoms with van der Waals surface area (Å²) in [7, 11) is -4.64. The number of benzene rings is 1. The molecule has 0 radical (unpaired) electrons. The summed E-state index contributed by atoms with van der Waals surface area (Å²) in [4.78, 5) is 23.0. The van der Waals surface area contributed by atoms with Crippen molar-refractivity contribution in [2.45, 2.75) is 10.6 Å². The van der Waals surface area contributed by atoms with Crippen molar-refractivity contribution in [3.63, 3.8) is 0 Å². The van der Waals surface area contributed by atoms with E-state index in [0.29, 0.717) is 0 Å². The predicted octanol–water partition coefficient (Wildman–Crippen LogP) is 1.36. The zero-order valence-electron chi connectivity index (χ0n) is 6.62. The van der Waals surface area contributed by atoms with E-state index in [2.05, 4.69) is 24.3 Å². The summed E-state index contributed by atoms with van der Waals surface area (Å²) < 4.78 is 8.88. The van der Waals surface area contributed by atoms with Crippen LogP contribution in [0.25, 0.3) is 0 Å². The number of fused-ring (bicyclic) bond motifs is 1. The van der Waals surface area contributed by atoms with Crippen molar-refractivity contribution < 1.29 is 19.2 Å². The van der Waals surface area contributed by atoms with E-state index in [1.807, 2.05) is 11.8 Å². The fourth-order valence-electron chi connectivity index (χ4n) is 0.839. The van der Waals surface area contributed by atoms with E-state index < -0.39 is 7.82 Å². The van der Waals surface area contributed by atoms with Crippen molar-refractivity contribution >= 4 is 19.6 Å². The highest BCUT2D eigenvalue weighted by Crippen LogP contribution is 2.36. The molecule has 0 amide bonds. The summed E-state index contributed by atoms with van der Waals surface area (Å²) in [6.45, 7) is 0. The lowest BCUT2D eigenvalue weighted by Crippen LogP contribution is -1.93. The standard InChI is InChI=1S/C7H6S.H3O4P/c1-2-4-7-6(3-1)5-8-7;1-5(2,3)4/h1-4H,5H2;(H3,1,2,3,4). The van der Waals surface area contributed by atoms with Crippen LogP contribution in [-0.2, 0) is 10.3 Å². The number of hydrogen-bond donors (Lipinski definition) is 3. The minimum Gasteiger partial charge on any atom is -0.303 e. The molecule has 1 aromatic carbocycles. The van der Waals surface area contributed by atoms with E-state index in [-0.39, 0.29) is 0 Å². The molecule has 2 rings (SSSR count). The minimum atomic E-state index is -4.64. The largest absolute Gasteiger partial charge is 0.466 e. The van der Waals surface area contributed by atoms with Crippen LogP contribution in [0.15, 0.2) is 29.2 Å². The SMILES string of the molecule is O=P(O)(O)O.c1ccc2c(c1)CS2. The van der Waals surface area contributed by atoms with Gasteiger partial charge >= 0.3 is 7.82 Å². The van der Waals surface area contributed by atoms with Gasteiger partial charge in [0.15, 0.2) is 0 Å². The van der Waals surface area contributed by atoms with Crippen molar-refractivity contribution in [3.05, 3.63) is 29.8 Å². The summed E-state index contributed by atoms with van der Waals surface area (Å²) in [6.07, 6.45) is 0. The first-order valence-electron chi connectivity index (χ1n) is 3.46. The van der Waals surface area contributed by atoms with Crippen LogP contribution in [-0.4, -0.2) is 14.7 Å². The van der Waals surface area contributed by atoms with E-state index in [1.54, 1.807) is 0 Å². The van der Waals surface area contributed by atoms with Gasteiger partial charge in [-0.1, -0.05) is 18.2 Å². The summed E-state index contributed by atoms with van der Waals surface area (Å²) in [5.74, 6) is 1.22. The topological polar surface area (TPSA) is 77.8 Å². The maximum atomic E-state index is 8.88. The van der Waals surface area contributed by atoms with Gasteiger partial charge in [0, 0.05) is 10.6 Å². The van der Waals surface area contributed by atoms with Crippen LogP contribution in [0.5, 0.6) is 0 Å². The van der Waals surface area contributed by atoms with E-state index in [0.717, 1.165) is 0 Å². The minimum absolute atomic E-state index is 1.22. The lowest BCUT2D eigenvalue weighted by Gasteiger charge is -2.15. The number of thioether (sulfide) groups is 1. The van der Waals surface area contributed by atoms with Crippen LogP contribution < -0.4 is 0 Å². The van der Waals surface area contributed by atoms with Crippen molar-refractivity contribution in [1.29, 1.82) is 0 Å². The highest BCUT2D eigenvalue weighted by atomic mass is 32.2. The first kappa shape index (κ1) is 10.8. The van der Waals surface area contributed by atoms with E-state index in [9.17, 15) is 0 Å². The van der Waals surface area contributed by atoms with Crippen molar-refractivity contribution in [1.82, 2.24) is 0 Å². The maximum Gasteiger partial charge on any atom is 0.466 e. The molecule has 0 unspecified atom stereocenters. The average Bonchev–Trinajstić information content (AvgIpc) is 1.88. The molecule has 0 bridgehead atoms. The molecule has 0 aromatic heterocycles. The van der Waals surface area contributed by atoms with Gasteiger partial charge in [0.2, 0.25) is 0 Å². The zero-order chi connectivity index (χ0) is 9.90. The Bertz CT molecular complexity index is 304. The zero-order valence-corrected chi connectivity index (χ0v) is 8.33. The Balaban J connectivity index is 0.000000149. The van der Waals surface area contributed by atoms with Gasteiger partial charge in [-0.25, -0.2) is 4.57 Å². The molecule has 1 aliphatic rings. The fraction of sp³-hybridized carbons (Fsp3) is 0.143. The van der Waals surface area contributed by atoms with Crippen LogP contribution in [0.2, 0.25) is 0 Å². The molecular formula is C7H9O4PS. The Morgan fingerprint density at radius 1 is 1.23 bits per heavy atom. The third-order valence-corrected chi connectivity index (χ3v) is 2.52.